The third-order valence-corrected chi connectivity index (χ3v) is 3.55. The van der Waals surface area contributed by atoms with Gasteiger partial charge in [0, 0.05) is 17.7 Å². The number of halogens is 1. The lowest BCUT2D eigenvalue weighted by molar-refractivity contribution is -0.124. The van der Waals surface area contributed by atoms with Gasteiger partial charge in [0.2, 0.25) is 11.8 Å². The normalized spacial score (nSPS) is 10.3. The Kier molecular flexibility index (Phi) is 8.74. The fraction of sp³-hybridized carbons (Fsp3) is 0.412. The van der Waals surface area contributed by atoms with E-state index in [1.54, 1.807) is 24.3 Å². The average Bonchev–Trinajstić information content (AvgIpc) is 3.08. The van der Waals surface area contributed by atoms with Crippen molar-refractivity contribution < 1.29 is 9.59 Å². The van der Waals surface area contributed by atoms with Crippen molar-refractivity contribution in [3.05, 3.63) is 30.1 Å². The first-order chi connectivity index (χ1) is 12.0. The van der Waals surface area contributed by atoms with Gasteiger partial charge >= 0.3 is 0 Å². The molecule has 1 aromatic carbocycles. The molecule has 8 nitrogen and oxygen atoms in total. The minimum absolute atomic E-state index is 0. The lowest BCUT2D eigenvalue weighted by Gasteiger charge is -2.08. The van der Waals surface area contributed by atoms with Crippen LogP contribution >= 0.6 is 12.4 Å². The fourth-order valence-electron chi connectivity index (χ4n) is 2.11. The zero-order chi connectivity index (χ0) is 18.2. The maximum atomic E-state index is 11.9. The SMILES string of the molecule is CC(C)CCC(=O)NCC(=O)Nc1ccc(-c2n[nH]c(CN)n2)cc1.Cl. The molecule has 2 amide bonds. The second kappa shape index (κ2) is 10.5. The molecule has 1 heterocycles. The van der Waals surface area contributed by atoms with E-state index in [9.17, 15) is 9.59 Å². The topological polar surface area (TPSA) is 126 Å². The highest BCUT2D eigenvalue weighted by Gasteiger charge is 2.08. The molecule has 0 unspecified atom stereocenters. The highest BCUT2D eigenvalue weighted by Crippen LogP contribution is 2.17. The standard InChI is InChI=1S/C17H24N6O2.ClH/c1-11(2)3-8-15(24)19-10-16(25)20-13-6-4-12(5-7-13)17-21-14(9-18)22-23-17;/h4-7,11H,3,8-10,18H2,1-2H3,(H,19,24)(H,20,25)(H,21,22,23);1H. The number of aromatic amines is 1. The van der Waals surface area contributed by atoms with Gasteiger partial charge < -0.3 is 16.4 Å². The molecule has 0 aliphatic heterocycles. The number of nitrogens with one attached hydrogen (secondary N) is 3. The zero-order valence-electron chi connectivity index (χ0n) is 14.9. The molecule has 0 bridgehead atoms. The summed E-state index contributed by atoms with van der Waals surface area (Å²) in [6.45, 7) is 4.36. The van der Waals surface area contributed by atoms with E-state index in [0.29, 0.717) is 36.2 Å². The summed E-state index contributed by atoms with van der Waals surface area (Å²) in [5.41, 5.74) is 6.95. The molecule has 5 N–H and O–H groups in total. The Balaban J connectivity index is 0.00000338. The van der Waals surface area contributed by atoms with Crippen molar-refractivity contribution >= 4 is 29.9 Å². The number of carbonyl (C=O) groups is 2. The van der Waals surface area contributed by atoms with Crippen molar-refractivity contribution in [3.63, 3.8) is 0 Å². The molecule has 26 heavy (non-hydrogen) atoms. The number of benzene rings is 1. The van der Waals surface area contributed by atoms with Crippen LogP contribution < -0.4 is 16.4 Å². The van der Waals surface area contributed by atoms with Gasteiger partial charge in [-0.25, -0.2) is 4.98 Å². The van der Waals surface area contributed by atoms with E-state index in [1.165, 1.54) is 0 Å². The maximum Gasteiger partial charge on any atom is 0.243 e. The number of nitrogens with zero attached hydrogens (tertiary/aromatic N) is 2. The first-order valence-electron chi connectivity index (χ1n) is 8.26. The molecule has 2 rings (SSSR count). The Morgan fingerprint density at radius 1 is 1.19 bits per heavy atom. The van der Waals surface area contributed by atoms with E-state index in [4.69, 9.17) is 5.73 Å². The number of hydrogen-bond acceptors (Lipinski definition) is 5. The Labute approximate surface area is 158 Å². The minimum atomic E-state index is -0.269. The van der Waals surface area contributed by atoms with Gasteiger partial charge in [-0.05, 0) is 36.6 Å². The predicted octanol–water partition coefficient (Wildman–Crippen LogP) is 1.84. The van der Waals surface area contributed by atoms with Crippen LogP contribution in [0.2, 0.25) is 0 Å². The lowest BCUT2D eigenvalue weighted by atomic mass is 10.1. The quantitative estimate of drug-likeness (QED) is 0.556. The van der Waals surface area contributed by atoms with Gasteiger partial charge in [0.05, 0.1) is 13.1 Å². The van der Waals surface area contributed by atoms with Crippen molar-refractivity contribution in [3.8, 4) is 11.4 Å². The molecule has 0 aliphatic carbocycles. The van der Waals surface area contributed by atoms with Gasteiger partial charge in [0.1, 0.15) is 5.82 Å². The van der Waals surface area contributed by atoms with Crippen LogP contribution in [0.1, 0.15) is 32.5 Å². The summed E-state index contributed by atoms with van der Waals surface area (Å²) in [6.07, 6.45) is 1.24. The van der Waals surface area contributed by atoms with Crippen LogP contribution in [0.25, 0.3) is 11.4 Å². The Hall–Kier alpha value is -2.45. The fourth-order valence-corrected chi connectivity index (χ4v) is 2.11. The molecule has 0 saturated carbocycles. The summed E-state index contributed by atoms with van der Waals surface area (Å²) in [5, 5.41) is 12.2. The van der Waals surface area contributed by atoms with Crippen molar-refractivity contribution in [2.75, 3.05) is 11.9 Å². The number of rotatable bonds is 8. The van der Waals surface area contributed by atoms with Crippen LogP contribution in [0.4, 0.5) is 5.69 Å². The van der Waals surface area contributed by atoms with Crippen LogP contribution in [-0.4, -0.2) is 33.5 Å². The maximum absolute atomic E-state index is 11.9. The molecule has 9 heteroatoms. The van der Waals surface area contributed by atoms with Gasteiger partial charge in [-0.3, -0.25) is 14.7 Å². The van der Waals surface area contributed by atoms with E-state index in [1.807, 2.05) is 0 Å². The average molecular weight is 381 g/mol. The second-order valence-electron chi connectivity index (χ2n) is 6.14. The third-order valence-electron chi connectivity index (χ3n) is 3.55. The predicted molar refractivity (Wildman–Crippen MR) is 103 cm³/mol. The Bertz CT molecular complexity index is 714. The molecule has 1 aromatic heterocycles. The third kappa shape index (κ3) is 6.81. The highest BCUT2D eigenvalue weighted by molar-refractivity contribution is 5.94. The van der Waals surface area contributed by atoms with Crippen LogP contribution in [0.5, 0.6) is 0 Å². The number of amides is 2. The molecule has 0 atom stereocenters. The zero-order valence-corrected chi connectivity index (χ0v) is 15.7. The van der Waals surface area contributed by atoms with Crippen molar-refractivity contribution in [1.29, 1.82) is 0 Å². The van der Waals surface area contributed by atoms with Crippen LogP contribution in [0.3, 0.4) is 0 Å². The summed E-state index contributed by atoms with van der Waals surface area (Å²) in [5.74, 6) is 1.24. The highest BCUT2D eigenvalue weighted by atomic mass is 35.5. The van der Waals surface area contributed by atoms with E-state index in [2.05, 4.69) is 39.7 Å². The first kappa shape index (κ1) is 21.6. The number of H-pyrrole nitrogens is 1. The summed E-state index contributed by atoms with van der Waals surface area (Å²) < 4.78 is 0. The summed E-state index contributed by atoms with van der Waals surface area (Å²) >= 11 is 0. The molecule has 0 aliphatic rings. The minimum Gasteiger partial charge on any atom is -0.347 e. The monoisotopic (exact) mass is 380 g/mol. The van der Waals surface area contributed by atoms with Gasteiger partial charge in [0.15, 0.2) is 5.82 Å². The van der Waals surface area contributed by atoms with Crippen molar-refractivity contribution in [2.45, 2.75) is 33.2 Å². The number of carbonyl (C=O) groups excluding carboxylic acids is 2. The van der Waals surface area contributed by atoms with Crippen LogP contribution in [0, 0.1) is 5.92 Å². The van der Waals surface area contributed by atoms with E-state index in [0.717, 1.165) is 12.0 Å². The number of anilines is 1. The summed E-state index contributed by atoms with van der Waals surface area (Å²) in [6, 6.07) is 7.12. The molecule has 0 saturated heterocycles. The largest absolute Gasteiger partial charge is 0.347 e. The second-order valence-corrected chi connectivity index (χ2v) is 6.14. The number of aromatic nitrogens is 3. The van der Waals surface area contributed by atoms with Gasteiger partial charge in [-0.1, -0.05) is 13.8 Å². The molecule has 0 fully saturated rings. The molecule has 142 valence electrons. The van der Waals surface area contributed by atoms with E-state index < -0.39 is 0 Å². The van der Waals surface area contributed by atoms with Gasteiger partial charge in [-0.15, -0.1) is 12.4 Å². The number of hydrogen-bond donors (Lipinski definition) is 4. The molecule has 0 radical (unpaired) electrons. The molecule has 2 aromatic rings. The smallest absolute Gasteiger partial charge is 0.243 e. The van der Waals surface area contributed by atoms with Crippen LogP contribution in [0.15, 0.2) is 24.3 Å². The summed E-state index contributed by atoms with van der Waals surface area (Å²) in [7, 11) is 0. The van der Waals surface area contributed by atoms with E-state index in [-0.39, 0.29) is 30.8 Å². The Morgan fingerprint density at radius 2 is 1.88 bits per heavy atom. The molecule has 0 spiro atoms. The number of nitrogens with two attached hydrogens (primary N) is 1. The Morgan fingerprint density at radius 3 is 2.46 bits per heavy atom. The van der Waals surface area contributed by atoms with Crippen LogP contribution in [-0.2, 0) is 16.1 Å². The van der Waals surface area contributed by atoms with Crippen molar-refractivity contribution in [2.24, 2.45) is 11.7 Å². The van der Waals surface area contributed by atoms with Crippen molar-refractivity contribution in [1.82, 2.24) is 20.5 Å². The summed E-state index contributed by atoms with van der Waals surface area (Å²) in [4.78, 5) is 27.7. The lowest BCUT2D eigenvalue weighted by Crippen LogP contribution is -2.32. The first-order valence-corrected chi connectivity index (χ1v) is 8.26. The van der Waals surface area contributed by atoms with E-state index >= 15 is 0 Å². The molecular weight excluding hydrogens is 356 g/mol. The van der Waals surface area contributed by atoms with Gasteiger partial charge in [0.25, 0.3) is 0 Å². The molecular formula is C17H25ClN6O2. The van der Waals surface area contributed by atoms with Gasteiger partial charge in [-0.2, -0.15) is 5.10 Å².